The second-order valence-electron chi connectivity index (χ2n) is 6.20. The quantitative estimate of drug-likeness (QED) is 0.543. The summed E-state index contributed by atoms with van der Waals surface area (Å²) >= 11 is 0. The average molecular weight is 316 g/mol. The molecule has 0 bridgehead atoms. The van der Waals surface area contributed by atoms with Crippen LogP contribution in [0.3, 0.4) is 0 Å². The molecule has 2 aliphatic rings. The Hall–Kier alpha value is -1.70. The maximum absolute atomic E-state index is 12.4. The van der Waals surface area contributed by atoms with Crippen molar-refractivity contribution in [2.24, 2.45) is 0 Å². The Balaban J connectivity index is 1.72. The van der Waals surface area contributed by atoms with Gasteiger partial charge in [-0.15, -0.1) is 0 Å². The predicted molar refractivity (Wildman–Crippen MR) is 86.8 cm³/mol. The van der Waals surface area contributed by atoms with Crippen molar-refractivity contribution in [2.45, 2.75) is 31.6 Å². The van der Waals surface area contributed by atoms with E-state index in [-0.39, 0.29) is 29.8 Å². The van der Waals surface area contributed by atoms with Gasteiger partial charge in [-0.2, -0.15) is 0 Å². The molecule has 0 aliphatic carbocycles. The van der Waals surface area contributed by atoms with Crippen LogP contribution in [0.4, 0.5) is 0 Å². The van der Waals surface area contributed by atoms with Crippen molar-refractivity contribution < 1.29 is 19.3 Å². The molecule has 3 N–H and O–H groups in total. The molecule has 1 aromatic carbocycles. The van der Waals surface area contributed by atoms with Crippen molar-refractivity contribution in [2.75, 3.05) is 19.6 Å². The second kappa shape index (κ2) is 6.82. The molecule has 0 amide bonds. The number of rotatable bonds is 4. The van der Waals surface area contributed by atoms with E-state index in [9.17, 15) is 14.6 Å². The van der Waals surface area contributed by atoms with Crippen LogP contribution < -0.4 is 15.3 Å². The zero-order valence-electron chi connectivity index (χ0n) is 13.2. The zero-order valence-corrected chi connectivity index (χ0v) is 13.2. The second-order valence-corrected chi connectivity index (χ2v) is 6.20. The highest BCUT2D eigenvalue weighted by Crippen LogP contribution is 2.36. The first-order chi connectivity index (χ1) is 11.1. The molecule has 1 saturated heterocycles. The van der Waals surface area contributed by atoms with Crippen molar-refractivity contribution >= 4 is 18.7 Å². The SMILES string of the molecule is CC(=O)c1cccc2c1OB(O)[C@@H](CC(=O)C1CNCCN1)C2. The number of fused-ring (bicyclic) bond motifs is 1. The van der Waals surface area contributed by atoms with Crippen LogP contribution in [0.25, 0.3) is 0 Å². The van der Waals surface area contributed by atoms with Gasteiger partial charge in [0.05, 0.1) is 11.6 Å². The number of hydrogen-bond donors (Lipinski definition) is 3. The van der Waals surface area contributed by atoms with E-state index in [0.717, 1.165) is 18.7 Å². The summed E-state index contributed by atoms with van der Waals surface area (Å²) in [4.78, 5) is 24.0. The standard InChI is InChI=1S/C16H21BN2O4/c1-10(20)13-4-2-3-11-7-12(17(22)23-16(11)13)8-15(21)14-9-18-5-6-19-14/h2-4,12,14,18-19,22H,5-9H2,1H3/t12-,14?/m1/s1. The summed E-state index contributed by atoms with van der Waals surface area (Å²) in [7, 11) is -1.07. The molecule has 23 heavy (non-hydrogen) atoms. The van der Waals surface area contributed by atoms with E-state index in [1.165, 1.54) is 6.92 Å². The van der Waals surface area contributed by atoms with Crippen LogP contribution >= 0.6 is 0 Å². The summed E-state index contributed by atoms with van der Waals surface area (Å²) in [6.07, 6.45) is 0.785. The van der Waals surface area contributed by atoms with Crippen LogP contribution in [0, 0.1) is 0 Å². The number of carbonyl (C=O) groups is 2. The number of Topliss-reactive ketones (excluding diaryl/α,β-unsaturated/α-hetero) is 2. The van der Waals surface area contributed by atoms with Crippen LogP contribution in [-0.2, 0) is 11.2 Å². The van der Waals surface area contributed by atoms with Gasteiger partial charge in [-0.1, -0.05) is 12.1 Å². The van der Waals surface area contributed by atoms with Crippen molar-refractivity contribution in [3.8, 4) is 5.75 Å². The molecule has 3 rings (SSSR count). The van der Waals surface area contributed by atoms with E-state index in [1.54, 1.807) is 6.07 Å². The summed E-state index contributed by atoms with van der Waals surface area (Å²) < 4.78 is 5.57. The highest BCUT2D eigenvalue weighted by molar-refractivity contribution is 6.47. The Kier molecular flexibility index (Phi) is 4.80. The van der Waals surface area contributed by atoms with Gasteiger partial charge in [-0.3, -0.25) is 9.59 Å². The Bertz CT molecular complexity index is 616. The molecular weight excluding hydrogens is 295 g/mol. The van der Waals surface area contributed by atoms with Crippen molar-refractivity contribution in [3.63, 3.8) is 0 Å². The van der Waals surface area contributed by atoms with Gasteiger partial charge >= 0.3 is 7.12 Å². The van der Waals surface area contributed by atoms with Crippen LogP contribution in [0.2, 0.25) is 5.82 Å². The number of ketones is 2. The molecule has 1 fully saturated rings. The Morgan fingerprint density at radius 1 is 1.39 bits per heavy atom. The van der Waals surface area contributed by atoms with E-state index in [0.29, 0.717) is 24.3 Å². The number of carbonyl (C=O) groups excluding carboxylic acids is 2. The highest BCUT2D eigenvalue weighted by Gasteiger charge is 2.38. The molecule has 0 spiro atoms. The van der Waals surface area contributed by atoms with E-state index in [1.807, 2.05) is 12.1 Å². The minimum atomic E-state index is -1.07. The fourth-order valence-corrected chi connectivity index (χ4v) is 3.22. The first-order valence-electron chi connectivity index (χ1n) is 8.00. The van der Waals surface area contributed by atoms with Gasteiger partial charge in [-0.05, 0) is 25.0 Å². The van der Waals surface area contributed by atoms with Gasteiger partial charge in [0.15, 0.2) is 11.6 Å². The van der Waals surface area contributed by atoms with Crippen LogP contribution in [0.5, 0.6) is 5.75 Å². The fourth-order valence-electron chi connectivity index (χ4n) is 3.22. The molecule has 6 nitrogen and oxygen atoms in total. The van der Waals surface area contributed by atoms with Gasteiger partial charge in [0.1, 0.15) is 5.75 Å². The minimum Gasteiger partial charge on any atom is -0.535 e. The van der Waals surface area contributed by atoms with Crippen molar-refractivity contribution in [3.05, 3.63) is 29.3 Å². The number of benzene rings is 1. The van der Waals surface area contributed by atoms with Gasteiger partial charge in [0.2, 0.25) is 0 Å². The van der Waals surface area contributed by atoms with E-state index in [4.69, 9.17) is 4.65 Å². The molecule has 2 atom stereocenters. The Morgan fingerprint density at radius 2 is 2.22 bits per heavy atom. The normalized spacial score (nSPS) is 23.8. The van der Waals surface area contributed by atoms with Crippen LogP contribution in [-0.4, -0.2) is 49.4 Å². The lowest BCUT2D eigenvalue weighted by Crippen LogP contribution is -2.53. The maximum atomic E-state index is 12.4. The fraction of sp³-hybridized carbons (Fsp3) is 0.500. The largest absolute Gasteiger partial charge is 0.535 e. The summed E-state index contributed by atoms with van der Waals surface area (Å²) in [5.74, 6) is 0.145. The molecule has 1 aromatic rings. The third-order valence-electron chi connectivity index (χ3n) is 4.49. The lowest BCUT2D eigenvalue weighted by molar-refractivity contribution is -0.121. The van der Waals surface area contributed by atoms with Gasteiger partial charge in [-0.25, -0.2) is 0 Å². The topological polar surface area (TPSA) is 87.7 Å². The molecule has 0 radical (unpaired) electrons. The molecule has 0 saturated carbocycles. The lowest BCUT2D eigenvalue weighted by Gasteiger charge is -2.30. The first kappa shape index (κ1) is 16.2. The van der Waals surface area contributed by atoms with Crippen LogP contribution in [0.15, 0.2) is 18.2 Å². The summed E-state index contributed by atoms with van der Waals surface area (Å²) in [6, 6.07) is 5.17. The third-order valence-corrected chi connectivity index (χ3v) is 4.49. The maximum Gasteiger partial charge on any atom is 0.526 e. The van der Waals surface area contributed by atoms with Gasteiger partial charge in [0, 0.05) is 31.9 Å². The van der Waals surface area contributed by atoms with E-state index < -0.39 is 7.12 Å². The summed E-state index contributed by atoms with van der Waals surface area (Å²) in [5.41, 5.74) is 1.35. The van der Waals surface area contributed by atoms with E-state index in [2.05, 4.69) is 10.6 Å². The molecular formula is C16H21BN2O4. The number of piperazine rings is 1. The predicted octanol–water partition coefficient (Wildman–Crippen LogP) is 0.195. The van der Waals surface area contributed by atoms with Crippen LogP contribution in [0.1, 0.15) is 29.3 Å². The van der Waals surface area contributed by atoms with Crippen molar-refractivity contribution in [1.82, 2.24) is 10.6 Å². The number of nitrogens with one attached hydrogen (secondary N) is 2. The molecule has 7 heteroatoms. The number of para-hydroxylation sites is 1. The number of hydrogen-bond acceptors (Lipinski definition) is 6. The summed E-state index contributed by atoms with van der Waals surface area (Å²) in [6.45, 7) is 3.72. The first-order valence-corrected chi connectivity index (χ1v) is 8.00. The van der Waals surface area contributed by atoms with E-state index >= 15 is 0 Å². The Labute approximate surface area is 135 Å². The Morgan fingerprint density at radius 3 is 2.91 bits per heavy atom. The highest BCUT2D eigenvalue weighted by atomic mass is 16.5. The van der Waals surface area contributed by atoms with Gasteiger partial charge in [0.25, 0.3) is 0 Å². The monoisotopic (exact) mass is 316 g/mol. The molecule has 2 heterocycles. The van der Waals surface area contributed by atoms with Crippen molar-refractivity contribution in [1.29, 1.82) is 0 Å². The van der Waals surface area contributed by atoms with Gasteiger partial charge < -0.3 is 20.3 Å². The lowest BCUT2D eigenvalue weighted by atomic mass is 9.64. The molecule has 1 unspecified atom stereocenters. The smallest absolute Gasteiger partial charge is 0.526 e. The third kappa shape index (κ3) is 3.47. The molecule has 122 valence electrons. The average Bonchev–Trinajstić information content (AvgIpc) is 2.55. The minimum absolute atomic E-state index is 0.0797. The summed E-state index contributed by atoms with van der Waals surface area (Å²) in [5, 5.41) is 16.6. The zero-order chi connectivity index (χ0) is 16.4. The molecule has 0 aromatic heterocycles. The molecule has 2 aliphatic heterocycles.